The molecule has 37 heavy (non-hydrogen) atoms. The summed E-state index contributed by atoms with van der Waals surface area (Å²) in [5.74, 6) is -1.36. The number of fused-ring (bicyclic) bond motifs is 1. The number of carbonyl (C=O) groups is 1. The molecule has 8 heteroatoms. The number of aliphatic hydroxyl groups is 2. The second kappa shape index (κ2) is 7.36. The lowest BCUT2D eigenvalue weighted by molar-refractivity contribution is -0.520. The van der Waals surface area contributed by atoms with Gasteiger partial charge in [-0.3, -0.25) is 4.79 Å². The highest BCUT2D eigenvalue weighted by Gasteiger charge is 2.89. The normalized spacial score (nSPS) is 48.9. The lowest BCUT2D eigenvalue weighted by Crippen LogP contribution is -2.87. The van der Waals surface area contributed by atoms with Gasteiger partial charge < -0.3 is 33.9 Å². The second-order valence-corrected chi connectivity index (χ2v) is 12.6. The smallest absolute Gasteiger partial charge is 0.213 e. The number of carbonyl (C=O) groups excluding carboxylic acids is 1. The molecule has 4 bridgehead atoms. The van der Waals surface area contributed by atoms with Crippen molar-refractivity contribution in [2.45, 2.75) is 69.9 Å². The van der Waals surface area contributed by atoms with E-state index in [0.29, 0.717) is 29.1 Å². The van der Waals surface area contributed by atoms with Gasteiger partial charge in [-0.25, -0.2) is 0 Å². The van der Waals surface area contributed by atoms with Crippen molar-refractivity contribution in [2.24, 2.45) is 34.0 Å². The van der Waals surface area contributed by atoms with E-state index in [4.69, 9.17) is 23.7 Å². The number of benzene rings is 1. The highest BCUT2D eigenvalue weighted by Crippen LogP contribution is 2.79. The van der Waals surface area contributed by atoms with Crippen LogP contribution in [-0.2, 0) is 19.0 Å². The van der Waals surface area contributed by atoms with E-state index in [-0.39, 0.29) is 35.6 Å². The molecular weight excluding hydrogens is 476 g/mol. The summed E-state index contributed by atoms with van der Waals surface area (Å²) in [6.07, 6.45) is -0.396. The lowest BCUT2D eigenvalue weighted by Gasteiger charge is -2.77. The van der Waals surface area contributed by atoms with Crippen molar-refractivity contribution >= 4 is 5.78 Å². The Bertz CT molecular complexity index is 1190. The fraction of sp³-hybridized carbons (Fsp3) is 0.690. The van der Waals surface area contributed by atoms with E-state index in [0.717, 1.165) is 19.3 Å². The molecule has 8 nitrogen and oxygen atoms in total. The third kappa shape index (κ3) is 2.46. The van der Waals surface area contributed by atoms with E-state index < -0.39 is 41.2 Å². The summed E-state index contributed by atoms with van der Waals surface area (Å²) in [6, 6.07) is 5.43. The zero-order chi connectivity index (χ0) is 26.1. The van der Waals surface area contributed by atoms with Crippen LogP contribution in [0.15, 0.2) is 30.4 Å². The van der Waals surface area contributed by atoms with Crippen LogP contribution < -0.4 is 9.47 Å². The molecule has 200 valence electrons. The second-order valence-electron chi connectivity index (χ2n) is 12.6. The Labute approximate surface area is 216 Å². The van der Waals surface area contributed by atoms with Crippen LogP contribution in [0.3, 0.4) is 0 Å². The van der Waals surface area contributed by atoms with Crippen molar-refractivity contribution in [1.82, 2.24) is 0 Å². The molecule has 2 N–H and O–H groups in total. The van der Waals surface area contributed by atoms with E-state index >= 15 is 0 Å². The van der Waals surface area contributed by atoms with Gasteiger partial charge in [0.2, 0.25) is 5.79 Å². The van der Waals surface area contributed by atoms with E-state index in [1.807, 2.05) is 6.07 Å². The molecule has 4 saturated carbocycles. The molecule has 8 rings (SSSR count). The Kier molecular flexibility index (Phi) is 4.79. The monoisotopic (exact) mass is 512 g/mol. The Hall–Kier alpha value is -1.97. The van der Waals surface area contributed by atoms with Crippen molar-refractivity contribution in [3.05, 3.63) is 35.9 Å². The average Bonchev–Trinajstić information content (AvgIpc) is 3.02. The number of ketones is 1. The van der Waals surface area contributed by atoms with Crippen LogP contribution in [0.1, 0.15) is 51.4 Å². The van der Waals surface area contributed by atoms with Gasteiger partial charge in [0.05, 0.1) is 33.0 Å². The van der Waals surface area contributed by atoms with Gasteiger partial charge in [0, 0.05) is 22.8 Å². The SMILES string of the molecule is C=C1C(=O)C23C4CC[C@@H]1[C@H]2O[C@@H](c1ccc(OC)c(OC)c1)O[C@@]31OC[C@@]42[C@H]([C@@H]1O)C(C)(C)CC[C@@H]2O. The molecule has 0 amide bonds. The van der Waals surface area contributed by atoms with Crippen molar-refractivity contribution < 1.29 is 38.7 Å². The zero-order valence-electron chi connectivity index (χ0n) is 21.9. The van der Waals surface area contributed by atoms with Crippen molar-refractivity contribution in [2.75, 3.05) is 20.8 Å². The first kappa shape index (κ1) is 24.1. The van der Waals surface area contributed by atoms with E-state index in [1.54, 1.807) is 26.4 Å². The molecule has 1 aromatic carbocycles. The lowest BCUT2D eigenvalue weighted by atomic mass is 9.35. The summed E-state index contributed by atoms with van der Waals surface area (Å²) < 4.78 is 31.0. The molecule has 3 aliphatic heterocycles. The molecule has 2 unspecified atom stereocenters. The minimum atomic E-state index is -1.60. The number of hydrogen-bond donors (Lipinski definition) is 2. The van der Waals surface area contributed by atoms with Gasteiger partial charge in [0.15, 0.2) is 23.6 Å². The maximum Gasteiger partial charge on any atom is 0.213 e. The van der Waals surface area contributed by atoms with Crippen LogP contribution in [0.4, 0.5) is 0 Å². The molecule has 0 aromatic heterocycles. The van der Waals surface area contributed by atoms with Crippen LogP contribution in [0, 0.1) is 34.0 Å². The van der Waals surface area contributed by atoms with Crippen molar-refractivity contribution in [3.63, 3.8) is 0 Å². The Morgan fingerprint density at radius 1 is 1.08 bits per heavy atom. The predicted molar refractivity (Wildman–Crippen MR) is 131 cm³/mol. The minimum Gasteiger partial charge on any atom is -0.493 e. The van der Waals surface area contributed by atoms with E-state index in [1.165, 1.54) is 0 Å². The van der Waals surface area contributed by atoms with Gasteiger partial charge in [-0.2, -0.15) is 0 Å². The molecule has 4 aliphatic carbocycles. The number of ether oxygens (including phenoxy) is 5. The molecule has 3 saturated heterocycles. The molecule has 0 radical (unpaired) electrons. The van der Waals surface area contributed by atoms with Gasteiger partial charge in [-0.15, -0.1) is 0 Å². The highest BCUT2D eigenvalue weighted by molar-refractivity contribution is 6.05. The summed E-state index contributed by atoms with van der Waals surface area (Å²) >= 11 is 0. The number of aliphatic hydroxyl groups excluding tert-OH is 2. The number of methoxy groups -OCH3 is 2. The standard InChI is InChI=1S/C29H36O8/c1-14-16-7-9-19-27-13-35-29(23(32)21(27)26(2,3)11-10-20(27)30)28(19,22(14)31)24(16)36-25(37-29)15-6-8-17(33-4)18(12-15)34-5/h6,8,12,16,19-21,23-25,30,32H,1,7,9-11,13H2,2-5H3/t16-,19?,20-,21+,23-,24+,25+,27+,28?,29+/m0/s1. The van der Waals surface area contributed by atoms with Crippen LogP contribution in [0.2, 0.25) is 0 Å². The average molecular weight is 513 g/mol. The molecule has 3 heterocycles. The molecule has 10 atom stereocenters. The summed E-state index contributed by atoms with van der Waals surface area (Å²) in [7, 11) is 3.14. The Morgan fingerprint density at radius 2 is 1.84 bits per heavy atom. The first-order valence-corrected chi connectivity index (χ1v) is 13.4. The van der Waals surface area contributed by atoms with Crippen LogP contribution in [-0.4, -0.2) is 60.9 Å². The van der Waals surface area contributed by atoms with Crippen LogP contribution >= 0.6 is 0 Å². The Balaban J connectivity index is 1.44. The van der Waals surface area contributed by atoms with Gasteiger partial charge in [0.25, 0.3) is 0 Å². The maximum atomic E-state index is 14.3. The zero-order valence-corrected chi connectivity index (χ0v) is 21.9. The van der Waals surface area contributed by atoms with Gasteiger partial charge in [-0.1, -0.05) is 26.5 Å². The van der Waals surface area contributed by atoms with Gasteiger partial charge >= 0.3 is 0 Å². The third-order valence-corrected chi connectivity index (χ3v) is 11.0. The molecule has 1 aromatic rings. The number of hydrogen-bond acceptors (Lipinski definition) is 8. The van der Waals surface area contributed by atoms with Gasteiger partial charge in [0.1, 0.15) is 11.5 Å². The third-order valence-electron chi connectivity index (χ3n) is 11.0. The minimum absolute atomic E-state index is 0.136. The molecular formula is C29H36O8. The van der Waals surface area contributed by atoms with Crippen molar-refractivity contribution in [3.8, 4) is 11.5 Å². The summed E-state index contributed by atoms with van der Waals surface area (Å²) in [4.78, 5) is 14.3. The summed E-state index contributed by atoms with van der Waals surface area (Å²) in [5.41, 5.74) is -1.08. The predicted octanol–water partition coefficient (Wildman–Crippen LogP) is 3.15. The molecule has 7 fully saturated rings. The van der Waals surface area contributed by atoms with Crippen LogP contribution in [0.5, 0.6) is 11.5 Å². The summed E-state index contributed by atoms with van der Waals surface area (Å²) in [6.45, 7) is 8.75. The highest BCUT2D eigenvalue weighted by atomic mass is 16.8. The Morgan fingerprint density at radius 3 is 2.57 bits per heavy atom. The van der Waals surface area contributed by atoms with E-state index in [9.17, 15) is 15.0 Å². The quantitative estimate of drug-likeness (QED) is 0.596. The topological polar surface area (TPSA) is 104 Å². The van der Waals surface area contributed by atoms with Gasteiger partial charge in [-0.05, 0) is 54.7 Å². The molecule has 7 aliphatic rings. The first-order chi connectivity index (χ1) is 17.6. The number of Topliss-reactive ketones (excluding diaryl/α,β-unsaturated/α-hetero) is 1. The molecule has 3 spiro atoms. The van der Waals surface area contributed by atoms with E-state index in [2.05, 4.69) is 20.4 Å². The fourth-order valence-corrected chi connectivity index (χ4v) is 9.71. The van der Waals surface area contributed by atoms with Crippen molar-refractivity contribution in [1.29, 1.82) is 0 Å². The summed E-state index contributed by atoms with van der Waals surface area (Å²) in [5, 5.41) is 23.9. The first-order valence-electron chi connectivity index (χ1n) is 13.4. The van der Waals surface area contributed by atoms with Crippen LogP contribution in [0.25, 0.3) is 0 Å². The maximum absolute atomic E-state index is 14.3. The number of rotatable bonds is 3. The largest absolute Gasteiger partial charge is 0.493 e. The fourth-order valence-electron chi connectivity index (χ4n) is 9.71.